The molecule has 106 valence electrons. The van der Waals surface area contributed by atoms with Crippen LogP contribution in [-0.2, 0) is 10.9 Å². The number of aromatic nitrogens is 2. The van der Waals surface area contributed by atoms with Crippen LogP contribution < -0.4 is 10.6 Å². The molecule has 0 amide bonds. The van der Waals surface area contributed by atoms with Crippen molar-refractivity contribution < 1.29 is 17.9 Å². The molecule has 2 rings (SSSR count). The van der Waals surface area contributed by atoms with Gasteiger partial charge in [0.15, 0.2) is 5.69 Å². The molecule has 2 N–H and O–H groups in total. The first-order chi connectivity index (χ1) is 8.90. The molecule has 5 nitrogen and oxygen atoms in total. The lowest BCUT2D eigenvalue weighted by Crippen LogP contribution is -2.40. The van der Waals surface area contributed by atoms with Crippen LogP contribution in [0.15, 0.2) is 6.07 Å². The van der Waals surface area contributed by atoms with E-state index in [9.17, 15) is 13.2 Å². The maximum Gasteiger partial charge on any atom is 0.433 e. The number of hydrogen-bond acceptors (Lipinski definition) is 5. The van der Waals surface area contributed by atoms with Gasteiger partial charge in [0, 0.05) is 26.3 Å². The van der Waals surface area contributed by atoms with Crippen molar-refractivity contribution in [1.29, 1.82) is 0 Å². The van der Waals surface area contributed by atoms with Crippen molar-refractivity contribution in [2.45, 2.75) is 25.1 Å². The third-order valence-corrected chi connectivity index (χ3v) is 3.06. The van der Waals surface area contributed by atoms with Crippen molar-refractivity contribution in [2.75, 3.05) is 30.8 Å². The van der Waals surface area contributed by atoms with Crippen LogP contribution in [0, 0.1) is 0 Å². The third-order valence-electron chi connectivity index (χ3n) is 3.06. The number of nitrogens with two attached hydrogens (primary N) is 1. The Labute approximate surface area is 108 Å². The second kappa shape index (κ2) is 5.20. The Morgan fingerprint density at radius 2 is 2.16 bits per heavy atom. The van der Waals surface area contributed by atoms with Gasteiger partial charge < -0.3 is 15.4 Å². The molecule has 1 fully saturated rings. The van der Waals surface area contributed by atoms with Crippen molar-refractivity contribution in [3.8, 4) is 0 Å². The number of rotatable bonds is 2. The highest BCUT2D eigenvalue weighted by Gasteiger charge is 2.34. The zero-order valence-corrected chi connectivity index (χ0v) is 10.4. The highest BCUT2D eigenvalue weighted by molar-refractivity contribution is 5.44. The van der Waals surface area contributed by atoms with Crippen LogP contribution in [0.4, 0.5) is 24.9 Å². The lowest BCUT2D eigenvalue weighted by atomic mass is 10.1. The number of nitrogen functional groups attached to an aromatic ring is 1. The summed E-state index contributed by atoms with van der Waals surface area (Å²) in [4.78, 5) is 8.84. The van der Waals surface area contributed by atoms with Crippen molar-refractivity contribution >= 4 is 11.8 Å². The van der Waals surface area contributed by atoms with E-state index in [1.807, 2.05) is 0 Å². The fourth-order valence-electron chi connectivity index (χ4n) is 2.10. The molecule has 1 aliphatic rings. The van der Waals surface area contributed by atoms with Gasteiger partial charge in [-0.3, -0.25) is 0 Å². The quantitative estimate of drug-likeness (QED) is 0.890. The zero-order chi connectivity index (χ0) is 14.0. The predicted octanol–water partition coefficient (Wildman–Crippen LogP) is 1.69. The average molecular weight is 276 g/mol. The molecule has 1 aliphatic heterocycles. The molecule has 0 saturated carbocycles. The van der Waals surface area contributed by atoms with Crippen LogP contribution in [0.2, 0.25) is 0 Å². The standard InChI is InChI=1S/C11H15F3N4O/c1-19-7-3-2-4-18(6-7)9-5-8(11(12,13)14)16-10(15)17-9/h5,7H,2-4,6H2,1H3,(H2,15,16,17). The van der Waals surface area contributed by atoms with E-state index in [1.165, 1.54) is 0 Å². The average Bonchev–Trinajstić information content (AvgIpc) is 2.37. The number of alkyl halides is 3. The summed E-state index contributed by atoms with van der Waals surface area (Å²) >= 11 is 0. The molecule has 0 spiro atoms. The summed E-state index contributed by atoms with van der Waals surface area (Å²) in [5.74, 6) is -0.175. The molecular weight excluding hydrogens is 261 g/mol. The van der Waals surface area contributed by atoms with E-state index in [1.54, 1.807) is 12.0 Å². The van der Waals surface area contributed by atoms with Crippen LogP contribution in [0.5, 0.6) is 0 Å². The third kappa shape index (κ3) is 3.25. The molecule has 0 aliphatic carbocycles. The van der Waals surface area contributed by atoms with Gasteiger partial charge in [0.25, 0.3) is 0 Å². The Morgan fingerprint density at radius 1 is 1.42 bits per heavy atom. The molecular formula is C11H15F3N4O. The molecule has 1 atom stereocenters. The number of anilines is 2. The molecule has 0 radical (unpaired) electrons. The molecule has 1 aromatic rings. The predicted molar refractivity (Wildman–Crippen MR) is 63.7 cm³/mol. The Hall–Kier alpha value is -1.57. The van der Waals surface area contributed by atoms with Gasteiger partial charge in [0.2, 0.25) is 5.95 Å². The smallest absolute Gasteiger partial charge is 0.380 e. The minimum absolute atomic E-state index is 0.000670. The van der Waals surface area contributed by atoms with Gasteiger partial charge in [0.05, 0.1) is 6.10 Å². The minimum atomic E-state index is -4.53. The molecule has 2 heterocycles. The van der Waals surface area contributed by atoms with E-state index < -0.39 is 11.9 Å². The van der Waals surface area contributed by atoms with E-state index in [-0.39, 0.29) is 17.9 Å². The fraction of sp³-hybridized carbons (Fsp3) is 0.636. The van der Waals surface area contributed by atoms with Crippen molar-refractivity contribution in [3.63, 3.8) is 0 Å². The van der Waals surface area contributed by atoms with E-state index in [0.717, 1.165) is 18.9 Å². The number of nitrogens with zero attached hydrogens (tertiary/aromatic N) is 3. The fourth-order valence-corrected chi connectivity index (χ4v) is 2.10. The van der Waals surface area contributed by atoms with E-state index in [2.05, 4.69) is 9.97 Å². The van der Waals surface area contributed by atoms with Crippen LogP contribution >= 0.6 is 0 Å². The van der Waals surface area contributed by atoms with Crippen LogP contribution in [-0.4, -0.2) is 36.3 Å². The molecule has 1 unspecified atom stereocenters. The summed E-state index contributed by atoms with van der Waals surface area (Å²) in [6, 6.07) is 0.925. The van der Waals surface area contributed by atoms with Crippen LogP contribution in [0.25, 0.3) is 0 Å². The first-order valence-corrected chi connectivity index (χ1v) is 5.89. The first kappa shape index (κ1) is 13.9. The molecule has 0 bridgehead atoms. The summed E-state index contributed by atoms with van der Waals surface area (Å²) in [6.45, 7) is 1.14. The van der Waals surface area contributed by atoms with Gasteiger partial charge in [0.1, 0.15) is 5.82 Å². The summed E-state index contributed by atoms with van der Waals surface area (Å²) in [5, 5.41) is 0. The Morgan fingerprint density at radius 3 is 2.79 bits per heavy atom. The second-order valence-corrected chi connectivity index (χ2v) is 4.41. The monoisotopic (exact) mass is 276 g/mol. The highest BCUT2D eigenvalue weighted by Crippen LogP contribution is 2.30. The van der Waals surface area contributed by atoms with Crippen molar-refractivity contribution in [3.05, 3.63) is 11.8 Å². The summed E-state index contributed by atoms with van der Waals surface area (Å²) in [6.07, 6.45) is -2.80. The molecule has 0 aromatic carbocycles. The van der Waals surface area contributed by atoms with E-state index >= 15 is 0 Å². The van der Waals surface area contributed by atoms with Crippen LogP contribution in [0.3, 0.4) is 0 Å². The Bertz CT molecular complexity index is 452. The summed E-state index contributed by atoms with van der Waals surface area (Å²) < 4.78 is 43.2. The van der Waals surface area contributed by atoms with Gasteiger partial charge >= 0.3 is 6.18 Å². The van der Waals surface area contributed by atoms with Gasteiger partial charge in [-0.15, -0.1) is 0 Å². The SMILES string of the molecule is COC1CCCN(c2cc(C(F)(F)F)nc(N)n2)C1. The van der Waals surface area contributed by atoms with E-state index in [0.29, 0.717) is 13.1 Å². The zero-order valence-electron chi connectivity index (χ0n) is 10.4. The summed E-state index contributed by atoms with van der Waals surface area (Å²) in [5.41, 5.74) is 4.33. The number of hydrogen-bond donors (Lipinski definition) is 1. The van der Waals surface area contributed by atoms with Gasteiger partial charge in [-0.25, -0.2) is 4.98 Å². The number of piperidine rings is 1. The van der Waals surface area contributed by atoms with Gasteiger partial charge in [-0.1, -0.05) is 0 Å². The Balaban J connectivity index is 2.26. The minimum Gasteiger partial charge on any atom is -0.380 e. The van der Waals surface area contributed by atoms with Gasteiger partial charge in [-0.05, 0) is 12.8 Å². The lowest BCUT2D eigenvalue weighted by molar-refractivity contribution is -0.141. The van der Waals surface area contributed by atoms with Crippen LogP contribution in [0.1, 0.15) is 18.5 Å². The van der Waals surface area contributed by atoms with Crippen molar-refractivity contribution in [1.82, 2.24) is 9.97 Å². The Kier molecular flexibility index (Phi) is 3.79. The first-order valence-electron chi connectivity index (χ1n) is 5.89. The molecule has 1 saturated heterocycles. The van der Waals surface area contributed by atoms with Crippen molar-refractivity contribution in [2.24, 2.45) is 0 Å². The molecule has 19 heavy (non-hydrogen) atoms. The highest BCUT2D eigenvalue weighted by atomic mass is 19.4. The molecule has 8 heteroatoms. The maximum absolute atomic E-state index is 12.7. The number of halogens is 3. The maximum atomic E-state index is 12.7. The number of ether oxygens (including phenoxy) is 1. The number of methoxy groups -OCH3 is 1. The topological polar surface area (TPSA) is 64.3 Å². The second-order valence-electron chi connectivity index (χ2n) is 4.41. The van der Waals surface area contributed by atoms with Gasteiger partial charge in [-0.2, -0.15) is 18.2 Å². The van der Waals surface area contributed by atoms with E-state index in [4.69, 9.17) is 10.5 Å². The normalized spacial score (nSPS) is 20.6. The molecule has 1 aromatic heterocycles. The summed E-state index contributed by atoms with van der Waals surface area (Å²) in [7, 11) is 1.59. The lowest BCUT2D eigenvalue weighted by Gasteiger charge is -2.32. The largest absolute Gasteiger partial charge is 0.433 e.